The zero-order chi connectivity index (χ0) is 42.1. The van der Waals surface area contributed by atoms with Crippen LogP contribution in [0.1, 0.15) is 122 Å². The van der Waals surface area contributed by atoms with Gasteiger partial charge in [0.1, 0.15) is 18.7 Å². The van der Waals surface area contributed by atoms with E-state index in [9.17, 15) is 24.3 Å². The number of aromatic nitrogens is 4. The quantitative estimate of drug-likeness (QED) is 0.0963. The fraction of sp³-hybridized carbons (Fsp3) is 0.522. The van der Waals surface area contributed by atoms with Gasteiger partial charge in [-0.05, 0) is 122 Å². The number of hydrogen-bond acceptors (Lipinski definition) is 9. The van der Waals surface area contributed by atoms with Crippen molar-refractivity contribution in [1.82, 2.24) is 19.1 Å². The van der Waals surface area contributed by atoms with E-state index in [1.165, 1.54) is 33.1 Å². The van der Waals surface area contributed by atoms with Crippen LogP contribution in [0, 0.1) is 0 Å². The van der Waals surface area contributed by atoms with E-state index in [0.717, 1.165) is 38.5 Å². The Balaban J connectivity index is 0.000000223. The van der Waals surface area contributed by atoms with E-state index < -0.39 is 24.1 Å². The number of carbonyl (C=O) groups is 2. The third-order valence-corrected chi connectivity index (χ3v) is 11.2. The molecule has 2 aromatic heterocycles. The number of nitrogens with one attached hydrogen (secondary N) is 2. The van der Waals surface area contributed by atoms with Gasteiger partial charge in [0.25, 0.3) is 11.1 Å². The lowest BCUT2D eigenvalue weighted by molar-refractivity contribution is -0.155. The van der Waals surface area contributed by atoms with Gasteiger partial charge in [-0.2, -0.15) is 0 Å². The third kappa shape index (κ3) is 11.2. The molecular weight excluding hydrogens is 733 g/mol. The summed E-state index contributed by atoms with van der Waals surface area (Å²) < 4.78 is 8.09. The first-order chi connectivity index (χ1) is 27.5. The van der Waals surface area contributed by atoms with Gasteiger partial charge in [0.05, 0.1) is 0 Å². The number of ether oxygens (including phenoxy) is 1. The highest BCUT2D eigenvalue weighted by molar-refractivity contribution is 5.70. The molecule has 2 fully saturated rings. The summed E-state index contributed by atoms with van der Waals surface area (Å²) in [6.45, 7) is 12.7. The van der Waals surface area contributed by atoms with Crippen molar-refractivity contribution >= 4 is 23.8 Å². The standard InChI is InChI=1S/C25H35N3O3.C21H27N3O3/c1-18(2)27-23-26-16-19(22(30)28(23)17-21(29)31-24(3,4)5)12-15-25(13-9-14-25)20-10-7-6-8-11-20;1-15(2)23-20-22-13-16(19(27)24(20)14-18(25)26)9-12-21(10-6-11-21)17-7-4-3-5-8-17/h6-8,10-11,16,18H,9,12-15,17H2,1-5H3,(H,26,27);3-5,7-8,13,15H,6,9-12,14H2,1-2H3,(H,22,23)(H,25,26). The van der Waals surface area contributed by atoms with E-state index in [1.807, 2.05) is 60.6 Å². The number of aryl methyl sites for hydroxylation is 2. The Bertz CT molecular complexity index is 2110. The molecule has 0 bridgehead atoms. The summed E-state index contributed by atoms with van der Waals surface area (Å²) in [7, 11) is 0. The van der Waals surface area contributed by atoms with E-state index in [0.29, 0.717) is 35.9 Å². The molecule has 2 heterocycles. The van der Waals surface area contributed by atoms with Crippen LogP contribution in [0.25, 0.3) is 0 Å². The van der Waals surface area contributed by atoms with Crippen molar-refractivity contribution in [3.8, 4) is 0 Å². The molecule has 312 valence electrons. The Hall–Kier alpha value is -5.26. The minimum absolute atomic E-state index is 0.0547. The number of carbonyl (C=O) groups excluding carboxylic acids is 1. The number of aliphatic carboxylic acids is 1. The lowest BCUT2D eigenvalue weighted by Gasteiger charge is -2.43. The number of hydrogen-bond donors (Lipinski definition) is 3. The zero-order valence-electron chi connectivity index (χ0n) is 35.3. The Kier molecular flexibility index (Phi) is 14.4. The molecule has 0 radical (unpaired) electrons. The molecule has 0 spiro atoms. The van der Waals surface area contributed by atoms with Crippen LogP contribution in [0.3, 0.4) is 0 Å². The smallest absolute Gasteiger partial charge is 0.326 e. The van der Waals surface area contributed by atoms with Gasteiger partial charge < -0.3 is 20.5 Å². The molecule has 0 unspecified atom stereocenters. The second-order valence-electron chi connectivity index (χ2n) is 17.6. The van der Waals surface area contributed by atoms with Crippen molar-refractivity contribution in [2.45, 2.75) is 154 Å². The molecule has 3 N–H and O–H groups in total. The average molecular weight is 795 g/mol. The van der Waals surface area contributed by atoms with Gasteiger partial charge in [-0.15, -0.1) is 0 Å². The molecule has 12 nitrogen and oxygen atoms in total. The summed E-state index contributed by atoms with van der Waals surface area (Å²) in [5.74, 6) is -0.790. The minimum atomic E-state index is -1.05. The van der Waals surface area contributed by atoms with Gasteiger partial charge >= 0.3 is 11.9 Å². The van der Waals surface area contributed by atoms with Gasteiger partial charge in [-0.1, -0.05) is 73.5 Å². The maximum atomic E-state index is 13.3. The Morgan fingerprint density at radius 3 is 1.43 bits per heavy atom. The van der Waals surface area contributed by atoms with Gasteiger partial charge in [0, 0.05) is 35.6 Å². The summed E-state index contributed by atoms with van der Waals surface area (Å²) in [5, 5.41) is 15.4. The Morgan fingerprint density at radius 1 is 0.707 bits per heavy atom. The molecule has 2 aromatic carbocycles. The summed E-state index contributed by atoms with van der Waals surface area (Å²) >= 11 is 0. The number of rotatable bonds is 16. The highest BCUT2D eigenvalue weighted by Gasteiger charge is 2.39. The molecule has 2 saturated carbocycles. The normalized spacial score (nSPS) is 15.4. The number of carboxylic acids is 1. The van der Waals surface area contributed by atoms with Crippen LogP contribution in [0.15, 0.2) is 82.6 Å². The number of carboxylic acid groups (broad SMARTS) is 1. The van der Waals surface area contributed by atoms with Crippen LogP contribution in [-0.2, 0) is 51.1 Å². The number of nitrogens with zero attached hydrogens (tertiary/aromatic N) is 4. The Labute approximate surface area is 342 Å². The molecular formula is C46H62N6O6. The van der Waals surface area contributed by atoms with Gasteiger partial charge in [0.15, 0.2) is 0 Å². The fourth-order valence-corrected chi connectivity index (χ4v) is 7.99. The van der Waals surface area contributed by atoms with Crippen LogP contribution in [0.5, 0.6) is 0 Å². The topological polar surface area (TPSA) is 157 Å². The molecule has 2 aliphatic carbocycles. The molecule has 0 atom stereocenters. The summed E-state index contributed by atoms with van der Waals surface area (Å²) in [6.07, 6.45) is 13.2. The average Bonchev–Trinajstić information content (AvgIpc) is 3.12. The predicted molar refractivity (Wildman–Crippen MR) is 229 cm³/mol. The van der Waals surface area contributed by atoms with Crippen LogP contribution in [0.2, 0.25) is 0 Å². The van der Waals surface area contributed by atoms with Crippen molar-refractivity contribution in [1.29, 1.82) is 0 Å². The Morgan fingerprint density at radius 2 is 1.10 bits per heavy atom. The van der Waals surface area contributed by atoms with E-state index in [-0.39, 0.29) is 40.6 Å². The molecule has 0 aliphatic heterocycles. The maximum Gasteiger partial charge on any atom is 0.326 e. The number of anilines is 2. The summed E-state index contributed by atoms with van der Waals surface area (Å²) in [5.41, 5.74) is 3.11. The second kappa shape index (κ2) is 19.0. The van der Waals surface area contributed by atoms with Crippen molar-refractivity contribution in [3.05, 3.63) is 116 Å². The first kappa shape index (κ1) is 43.9. The molecule has 0 saturated heterocycles. The maximum absolute atomic E-state index is 13.3. The van der Waals surface area contributed by atoms with Crippen LogP contribution in [0.4, 0.5) is 11.9 Å². The number of benzene rings is 2. The van der Waals surface area contributed by atoms with Crippen molar-refractivity contribution in [3.63, 3.8) is 0 Å². The largest absolute Gasteiger partial charge is 0.480 e. The lowest BCUT2D eigenvalue weighted by atomic mass is 9.62. The van der Waals surface area contributed by atoms with E-state index >= 15 is 0 Å². The fourth-order valence-electron chi connectivity index (χ4n) is 7.99. The molecule has 58 heavy (non-hydrogen) atoms. The molecule has 2 aliphatic rings. The first-order valence-corrected chi connectivity index (χ1v) is 20.8. The van der Waals surface area contributed by atoms with Gasteiger partial charge in [0.2, 0.25) is 11.9 Å². The summed E-state index contributed by atoms with van der Waals surface area (Å²) in [4.78, 5) is 58.7. The van der Waals surface area contributed by atoms with E-state index in [1.54, 1.807) is 12.4 Å². The second-order valence-corrected chi connectivity index (χ2v) is 17.6. The van der Waals surface area contributed by atoms with Gasteiger partial charge in [-0.25, -0.2) is 9.97 Å². The first-order valence-electron chi connectivity index (χ1n) is 20.8. The lowest BCUT2D eigenvalue weighted by Crippen LogP contribution is -2.37. The van der Waals surface area contributed by atoms with E-state index in [4.69, 9.17) is 4.74 Å². The highest BCUT2D eigenvalue weighted by Crippen LogP contribution is 2.48. The molecule has 4 aromatic rings. The number of esters is 1. The zero-order valence-corrected chi connectivity index (χ0v) is 35.3. The van der Waals surface area contributed by atoms with Crippen LogP contribution < -0.4 is 21.8 Å². The predicted octanol–water partition coefficient (Wildman–Crippen LogP) is 7.66. The van der Waals surface area contributed by atoms with Gasteiger partial charge in [-0.3, -0.25) is 28.3 Å². The van der Waals surface area contributed by atoms with E-state index in [2.05, 4.69) is 69.1 Å². The SMILES string of the molecule is CC(C)Nc1ncc(CCC2(c3ccccc3)CCC2)c(=O)n1CC(=O)O.CC(C)Nc1ncc(CCC2(c3ccccc3)CCC2)c(=O)n1CC(=O)OC(C)(C)C. The minimum Gasteiger partial charge on any atom is -0.480 e. The summed E-state index contributed by atoms with van der Waals surface area (Å²) in [6, 6.07) is 21.2. The highest BCUT2D eigenvalue weighted by atomic mass is 16.6. The monoisotopic (exact) mass is 794 g/mol. The van der Waals surface area contributed by atoms with Crippen molar-refractivity contribution in [2.75, 3.05) is 10.6 Å². The molecule has 0 amide bonds. The molecule has 12 heteroatoms. The van der Waals surface area contributed by atoms with Crippen LogP contribution >= 0.6 is 0 Å². The van der Waals surface area contributed by atoms with Crippen molar-refractivity contribution in [2.24, 2.45) is 0 Å². The molecule has 6 rings (SSSR count). The third-order valence-electron chi connectivity index (χ3n) is 11.2. The van der Waals surface area contributed by atoms with Crippen molar-refractivity contribution < 1.29 is 19.4 Å². The van der Waals surface area contributed by atoms with Crippen LogP contribution in [-0.4, -0.2) is 53.8 Å².